The maximum atomic E-state index is 12.6. The zero-order chi connectivity index (χ0) is 21.6. The number of nitrogens with one attached hydrogen (secondary N) is 1. The Morgan fingerprint density at radius 2 is 1.52 bits per heavy atom. The van der Waals surface area contributed by atoms with Gasteiger partial charge in [0.15, 0.2) is 11.5 Å². The lowest BCUT2D eigenvalue weighted by atomic mass is 10.1. The standard InChI is InChI=1S/C20H26N2O6S/c1-14-6-8-16(9-7-14)29(24,25)22(2)13-20(23)21-12-15-10-18(27-4)19(28-5)11-17(15)26-3/h6-11H,12-13H2,1-5H3,(H,21,23). The third kappa shape index (κ3) is 5.39. The molecular formula is C20H26N2O6S. The molecule has 158 valence electrons. The van der Waals surface area contributed by atoms with E-state index in [4.69, 9.17) is 14.2 Å². The molecule has 0 saturated heterocycles. The molecule has 0 spiro atoms. The van der Waals surface area contributed by atoms with E-state index in [1.165, 1.54) is 40.5 Å². The molecule has 2 rings (SSSR count). The summed E-state index contributed by atoms with van der Waals surface area (Å²) in [7, 11) is 2.15. The van der Waals surface area contributed by atoms with Crippen LogP contribution in [0.4, 0.5) is 0 Å². The zero-order valence-electron chi connectivity index (χ0n) is 17.2. The van der Waals surface area contributed by atoms with Crippen LogP contribution in [0.5, 0.6) is 17.2 Å². The van der Waals surface area contributed by atoms with E-state index in [9.17, 15) is 13.2 Å². The van der Waals surface area contributed by atoms with Gasteiger partial charge in [0.2, 0.25) is 15.9 Å². The first-order valence-electron chi connectivity index (χ1n) is 8.81. The Kier molecular flexibility index (Phi) is 7.46. The summed E-state index contributed by atoms with van der Waals surface area (Å²) in [5.74, 6) is 1.07. The third-order valence-corrected chi connectivity index (χ3v) is 6.18. The van der Waals surface area contributed by atoms with E-state index in [1.54, 1.807) is 24.3 Å². The minimum atomic E-state index is -3.75. The topological polar surface area (TPSA) is 94.2 Å². The lowest BCUT2D eigenvalue weighted by Crippen LogP contribution is -2.38. The number of likely N-dealkylation sites (N-methyl/N-ethyl adjacent to an activating group) is 1. The highest BCUT2D eigenvalue weighted by Crippen LogP contribution is 2.34. The molecule has 0 aliphatic rings. The van der Waals surface area contributed by atoms with Gasteiger partial charge < -0.3 is 19.5 Å². The van der Waals surface area contributed by atoms with Crippen LogP contribution in [-0.2, 0) is 21.4 Å². The molecule has 2 aromatic carbocycles. The molecule has 29 heavy (non-hydrogen) atoms. The summed E-state index contributed by atoms with van der Waals surface area (Å²) in [5.41, 5.74) is 1.62. The van der Waals surface area contributed by atoms with Crippen LogP contribution in [0.1, 0.15) is 11.1 Å². The summed E-state index contributed by atoms with van der Waals surface area (Å²) < 4.78 is 42.1. The van der Waals surface area contributed by atoms with Crippen LogP contribution in [-0.4, -0.2) is 53.6 Å². The Labute approximate surface area is 171 Å². The van der Waals surface area contributed by atoms with Crippen LogP contribution in [0.2, 0.25) is 0 Å². The van der Waals surface area contributed by atoms with Crippen molar-refractivity contribution in [2.75, 3.05) is 34.9 Å². The van der Waals surface area contributed by atoms with Crippen LogP contribution >= 0.6 is 0 Å². The van der Waals surface area contributed by atoms with Crippen molar-refractivity contribution in [2.24, 2.45) is 0 Å². The molecule has 0 fully saturated rings. The van der Waals surface area contributed by atoms with Crippen LogP contribution in [0, 0.1) is 6.92 Å². The number of hydrogen-bond donors (Lipinski definition) is 1. The minimum Gasteiger partial charge on any atom is -0.496 e. The molecule has 0 aliphatic carbocycles. The average molecular weight is 423 g/mol. The Morgan fingerprint density at radius 1 is 0.966 bits per heavy atom. The minimum absolute atomic E-state index is 0.139. The number of amides is 1. The third-order valence-electron chi connectivity index (χ3n) is 4.36. The van der Waals surface area contributed by atoms with Crippen LogP contribution < -0.4 is 19.5 Å². The van der Waals surface area contributed by atoms with E-state index in [0.717, 1.165) is 9.87 Å². The highest BCUT2D eigenvalue weighted by atomic mass is 32.2. The van der Waals surface area contributed by atoms with Gasteiger partial charge in [0.05, 0.1) is 32.8 Å². The van der Waals surface area contributed by atoms with Gasteiger partial charge in [0, 0.05) is 25.2 Å². The predicted octanol–water partition coefficient (Wildman–Crippen LogP) is 1.96. The van der Waals surface area contributed by atoms with Crippen molar-refractivity contribution in [3.63, 3.8) is 0 Å². The number of nitrogens with zero attached hydrogens (tertiary/aromatic N) is 1. The second kappa shape index (κ2) is 9.62. The van der Waals surface area contributed by atoms with Crippen molar-refractivity contribution in [1.82, 2.24) is 9.62 Å². The Hall–Kier alpha value is -2.78. The summed E-state index contributed by atoms with van der Waals surface area (Å²) in [5, 5.41) is 2.70. The van der Waals surface area contributed by atoms with E-state index >= 15 is 0 Å². The number of carbonyl (C=O) groups excluding carboxylic acids is 1. The molecule has 0 aromatic heterocycles. The number of carbonyl (C=O) groups is 1. The van der Waals surface area contributed by atoms with Gasteiger partial charge in [0.25, 0.3) is 0 Å². The van der Waals surface area contributed by atoms with Gasteiger partial charge in [-0.3, -0.25) is 4.79 Å². The van der Waals surface area contributed by atoms with Gasteiger partial charge >= 0.3 is 0 Å². The van der Waals surface area contributed by atoms with Crippen molar-refractivity contribution >= 4 is 15.9 Å². The maximum Gasteiger partial charge on any atom is 0.243 e. The Morgan fingerprint density at radius 3 is 2.07 bits per heavy atom. The molecule has 0 saturated carbocycles. The van der Waals surface area contributed by atoms with Gasteiger partial charge in [-0.05, 0) is 25.1 Å². The molecular weight excluding hydrogens is 396 g/mol. The number of aryl methyl sites for hydroxylation is 1. The van der Waals surface area contributed by atoms with Gasteiger partial charge in [0.1, 0.15) is 5.75 Å². The first kappa shape index (κ1) is 22.5. The number of rotatable bonds is 9. The predicted molar refractivity (Wildman–Crippen MR) is 109 cm³/mol. The summed E-state index contributed by atoms with van der Waals surface area (Å²) in [6, 6.07) is 9.83. The van der Waals surface area contributed by atoms with E-state index < -0.39 is 15.9 Å². The lowest BCUT2D eigenvalue weighted by molar-refractivity contribution is -0.121. The van der Waals surface area contributed by atoms with E-state index in [0.29, 0.717) is 22.8 Å². The number of methoxy groups -OCH3 is 3. The molecule has 0 radical (unpaired) electrons. The average Bonchev–Trinajstić information content (AvgIpc) is 2.71. The molecule has 1 amide bonds. The summed E-state index contributed by atoms with van der Waals surface area (Å²) in [6.07, 6.45) is 0. The Balaban J connectivity index is 2.07. The number of benzene rings is 2. The first-order valence-corrected chi connectivity index (χ1v) is 10.3. The second-order valence-corrected chi connectivity index (χ2v) is 8.41. The maximum absolute atomic E-state index is 12.6. The van der Waals surface area contributed by atoms with E-state index in [2.05, 4.69) is 5.32 Å². The molecule has 0 atom stereocenters. The van der Waals surface area contributed by atoms with Crippen molar-refractivity contribution in [2.45, 2.75) is 18.4 Å². The quantitative estimate of drug-likeness (QED) is 0.664. The van der Waals surface area contributed by atoms with E-state index in [1.807, 2.05) is 6.92 Å². The normalized spacial score (nSPS) is 11.2. The molecule has 0 bridgehead atoms. The van der Waals surface area contributed by atoms with Crippen molar-refractivity contribution < 1.29 is 27.4 Å². The first-order chi connectivity index (χ1) is 13.7. The molecule has 0 unspecified atom stereocenters. The van der Waals surface area contributed by atoms with Crippen molar-refractivity contribution in [3.05, 3.63) is 47.5 Å². The summed E-state index contributed by atoms with van der Waals surface area (Å²) in [6.45, 7) is 1.70. The second-order valence-electron chi connectivity index (χ2n) is 6.37. The fourth-order valence-electron chi connectivity index (χ4n) is 2.66. The largest absolute Gasteiger partial charge is 0.496 e. The van der Waals surface area contributed by atoms with Gasteiger partial charge in [-0.15, -0.1) is 0 Å². The zero-order valence-corrected chi connectivity index (χ0v) is 18.0. The molecule has 1 N–H and O–H groups in total. The number of hydrogen-bond acceptors (Lipinski definition) is 6. The molecule has 0 heterocycles. The molecule has 8 nitrogen and oxygen atoms in total. The smallest absolute Gasteiger partial charge is 0.243 e. The van der Waals surface area contributed by atoms with Crippen molar-refractivity contribution in [3.8, 4) is 17.2 Å². The Bertz CT molecular complexity index is 958. The molecule has 9 heteroatoms. The summed E-state index contributed by atoms with van der Waals surface area (Å²) in [4.78, 5) is 12.5. The van der Waals surface area contributed by atoms with Crippen LogP contribution in [0.3, 0.4) is 0 Å². The number of sulfonamides is 1. The molecule has 2 aromatic rings. The van der Waals surface area contributed by atoms with Crippen molar-refractivity contribution in [1.29, 1.82) is 0 Å². The van der Waals surface area contributed by atoms with E-state index in [-0.39, 0.29) is 18.0 Å². The molecule has 0 aliphatic heterocycles. The van der Waals surface area contributed by atoms with Gasteiger partial charge in [-0.1, -0.05) is 17.7 Å². The fourth-order valence-corrected chi connectivity index (χ4v) is 3.78. The monoisotopic (exact) mass is 422 g/mol. The SMILES string of the molecule is COc1cc(OC)c(OC)cc1CNC(=O)CN(C)S(=O)(=O)c1ccc(C)cc1. The highest BCUT2D eigenvalue weighted by molar-refractivity contribution is 7.89. The summed E-state index contributed by atoms with van der Waals surface area (Å²) >= 11 is 0. The van der Waals surface area contributed by atoms with Crippen LogP contribution in [0.25, 0.3) is 0 Å². The van der Waals surface area contributed by atoms with Gasteiger partial charge in [-0.2, -0.15) is 4.31 Å². The fraction of sp³-hybridized carbons (Fsp3) is 0.350. The highest BCUT2D eigenvalue weighted by Gasteiger charge is 2.23. The number of ether oxygens (including phenoxy) is 3. The van der Waals surface area contributed by atoms with Crippen LogP contribution in [0.15, 0.2) is 41.3 Å². The lowest BCUT2D eigenvalue weighted by Gasteiger charge is -2.18. The van der Waals surface area contributed by atoms with Gasteiger partial charge in [-0.25, -0.2) is 8.42 Å².